The van der Waals surface area contributed by atoms with Crippen molar-refractivity contribution in [2.24, 2.45) is 5.73 Å². The van der Waals surface area contributed by atoms with E-state index in [2.05, 4.69) is 15.5 Å². The predicted molar refractivity (Wildman–Crippen MR) is 158 cm³/mol. The largest absolute Gasteiger partial charge is 0.377 e. The Labute approximate surface area is 248 Å². The second kappa shape index (κ2) is 10.8. The van der Waals surface area contributed by atoms with E-state index in [1.807, 2.05) is 6.92 Å². The number of primary amides is 1. The molecule has 4 N–H and O–H groups in total. The predicted octanol–water partition coefficient (Wildman–Crippen LogP) is 3.87. The Kier molecular flexibility index (Phi) is 7.32. The van der Waals surface area contributed by atoms with Crippen LogP contribution in [0.25, 0.3) is 11.4 Å². The second-order valence-electron chi connectivity index (χ2n) is 11.0. The number of sulfone groups is 1. The van der Waals surface area contributed by atoms with Crippen LogP contribution in [0.15, 0.2) is 53.4 Å². The van der Waals surface area contributed by atoms with Crippen LogP contribution in [0, 0.1) is 0 Å². The van der Waals surface area contributed by atoms with Crippen LogP contribution >= 0.6 is 11.6 Å². The first-order valence-corrected chi connectivity index (χ1v) is 15.7. The maximum Gasteiger partial charge on any atom is 0.319 e. The summed E-state index contributed by atoms with van der Waals surface area (Å²) in [4.78, 5) is 35.4. The number of nitrogens with two attached hydrogens (primary N) is 1. The van der Waals surface area contributed by atoms with Crippen molar-refractivity contribution in [1.82, 2.24) is 15.3 Å². The molecule has 1 saturated heterocycles. The number of nitrogens with one attached hydrogen (secondary N) is 2. The molecule has 0 bridgehead atoms. The average molecular weight is 611 g/mol. The van der Waals surface area contributed by atoms with E-state index in [1.54, 1.807) is 30.3 Å². The van der Waals surface area contributed by atoms with Crippen LogP contribution in [0.1, 0.15) is 48.7 Å². The fourth-order valence-electron chi connectivity index (χ4n) is 5.15. The molecule has 2 heterocycles. The second-order valence-corrected chi connectivity index (χ2v) is 13.6. The van der Waals surface area contributed by atoms with Gasteiger partial charge in [0, 0.05) is 35.5 Å². The van der Waals surface area contributed by atoms with Gasteiger partial charge in [0.1, 0.15) is 10.6 Å². The van der Waals surface area contributed by atoms with E-state index in [0.29, 0.717) is 61.2 Å². The summed E-state index contributed by atoms with van der Waals surface area (Å²) in [5.74, 6) is 0.275. The summed E-state index contributed by atoms with van der Waals surface area (Å²) in [6, 6.07) is 12.8. The number of morpholine rings is 1. The van der Waals surface area contributed by atoms with E-state index in [9.17, 15) is 18.0 Å². The molecule has 1 aromatic heterocycles. The van der Waals surface area contributed by atoms with Crippen molar-refractivity contribution in [3.05, 3.63) is 64.8 Å². The quantitative estimate of drug-likeness (QED) is 0.347. The van der Waals surface area contributed by atoms with Crippen LogP contribution < -0.4 is 21.3 Å². The monoisotopic (exact) mass is 610 g/mol. The summed E-state index contributed by atoms with van der Waals surface area (Å²) in [6.45, 7) is 3.66. The molecule has 2 saturated carbocycles. The van der Waals surface area contributed by atoms with Gasteiger partial charge in [-0.25, -0.2) is 23.2 Å². The van der Waals surface area contributed by atoms with Gasteiger partial charge in [-0.3, -0.25) is 4.79 Å². The van der Waals surface area contributed by atoms with Crippen LogP contribution in [-0.2, 0) is 19.3 Å². The lowest BCUT2D eigenvalue weighted by molar-refractivity contribution is 0.0985. The topological polar surface area (TPSA) is 157 Å². The third-order valence-electron chi connectivity index (χ3n) is 7.88. The number of anilines is 2. The van der Waals surface area contributed by atoms with Gasteiger partial charge < -0.3 is 26.0 Å². The summed E-state index contributed by atoms with van der Waals surface area (Å²) in [5, 5.41) is 5.65. The first-order valence-electron chi connectivity index (χ1n) is 13.8. The lowest BCUT2D eigenvalue weighted by atomic mass is 10.1. The van der Waals surface area contributed by atoms with E-state index >= 15 is 0 Å². The first kappa shape index (κ1) is 28.4. The molecular weight excluding hydrogens is 580 g/mol. The van der Waals surface area contributed by atoms with Gasteiger partial charge in [0.05, 0.1) is 34.9 Å². The van der Waals surface area contributed by atoms with Crippen molar-refractivity contribution in [3.8, 4) is 11.4 Å². The maximum atomic E-state index is 14.1. The van der Waals surface area contributed by atoms with Crippen LogP contribution in [0.2, 0.25) is 5.02 Å². The van der Waals surface area contributed by atoms with E-state index in [0.717, 1.165) is 12.8 Å². The zero-order valence-electron chi connectivity index (χ0n) is 23.0. The Morgan fingerprint density at radius 1 is 1.10 bits per heavy atom. The molecule has 2 aromatic carbocycles. The van der Waals surface area contributed by atoms with Gasteiger partial charge in [0.2, 0.25) is 5.91 Å². The number of aromatic nitrogens is 2. The number of halogens is 1. The van der Waals surface area contributed by atoms with Crippen molar-refractivity contribution < 1.29 is 22.7 Å². The lowest BCUT2D eigenvalue weighted by Crippen LogP contribution is -2.44. The Morgan fingerprint density at radius 2 is 1.83 bits per heavy atom. The van der Waals surface area contributed by atoms with Crippen molar-refractivity contribution in [2.45, 2.75) is 54.3 Å². The maximum absolute atomic E-state index is 14.1. The fraction of sp³-hybridized carbons (Fsp3) is 0.379. The molecule has 3 aromatic rings. The molecule has 3 amide bonds. The number of rotatable bonds is 8. The number of nitrogens with zero attached hydrogens (tertiary/aromatic N) is 3. The van der Waals surface area contributed by atoms with Crippen LogP contribution in [0.5, 0.6) is 0 Å². The summed E-state index contributed by atoms with van der Waals surface area (Å²) < 4.78 is 32.5. The molecule has 3 aliphatic rings. The number of carbonyl (C=O) groups excluding carboxylic acids is 2. The molecule has 1 atom stereocenters. The molecule has 2 aliphatic carbocycles. The van der Waals surface area contributed by atoms with E-state index in [4.69, 9.17) is 32.0 Å². The van der Waals surface area contributed by atoms with Crippen molar-refractivity contribution >= 4 is 44.9 Å². The molecule has 42 heavy (non-hydrogen) atoms. The Hall–Kier alpha value is -3.74. The third-order valence-corrected chi connectivity index (χ3v) is 10.9. The minimum atomic E-state index is -4.01. The van der Waals surface area contributed by atoms with Crippen LogP contribution in [0.4, 0.5) is 16.3 Å². The minimum absolute atomic E-state index is 0.0217. The van der Waals surface area contributed by atoms with E-state index < -0.39 is 20.5 Å². The number of benzene rings is 2. The molecule has 13 heteroatoms. The zero-order valence-corrected chi connectivity index (χ0v) is 24.5. The summed E-state index contributed by atoms with van der Waals surface area (Å²) in [5.41, 5.74) is 7.14. The van der Waals surface area contributed by atoms with Gasteiger partial charge >= 0.3 is 6.03 Å². The van der Waals surface area contributed by atoms with Crippen molar-refractivity contribution in [1.29, 1.82) is 0 Å². The summed E-state index contributed by atoms with van der Waals surface area (Å²) in [7, 11) is -4.01. The zero-order chi connectivity index (χ0) is 29.6. The molecule has 6 rings (SSSR count). The molecule has 11 nitrogen and oxygen atoms in total. The Morgan fingerprint density at radius 3 is 2.45 bits per heavy atom. The lowest BCUT2D eigenvalue weighted by Gasteiger charge is -2.34. The Bertz CT molecular complexity index is 1660. The van der Waals surface area contributed by atoms with Gasteiger partial charge in [-0.15, -0.1) is 0 Å². The standard InChI is InChI=1S/C29H31ClN6O5S/c1-17-16-41-13-12-36(17)25-15-24(29(10-11-29)42(39,40)23-9-4-19(26(31)37)14-22(23)30)34-27(35-25)18-2-5-20(6-3-18)32-28(38)33-21-7-8-21/h2-6,9,14-15,17,21H,7-8,10-13,16H2,1H3,(H2,31,37)(H2,32,33,38)/t17-/m0/s1. The average Bonchev–Trinajstić information content (AvgIpc) is 3.89. The molecule has 1 aliphatic heterocycles. The highest BCUT2D eigenvalue weighted by molar-refractivity contribution is 7.92. The third kappa shape index (κ3) is 5.41. The van der Waals surface area contributed by atoms with Crippen LogP contribution in [0.3, 0.4) is 0 Å². The summed E-state index contributed by atoms with van der Waals surface area (Å²) >= 11 is 6.38. The number of urea groups is 1. The van der Waals surface area contributed by atoms with Gasteiger partial charge in [0.25, 0.3) is 0 Å². The smallest absolute Gasteiger partial charge is 0.319 e. The fourth-order valence-corrected chi connectivity index (χ4v) is 7.64. The number of ether oxygens (including phenoxy) is 1. The molecule has 0 spiro atoms. The van der Waals surface area contributed by atoms with Crippen molar-refractivity contribution in [2.75, 3.05) is 30.0 Å². The molecule has 0 unspecified atom stereocenters. The SMILES string of the molecule is C[C@H]1COCCN1c1cc(C2(S(=O)(=O)c3ccc(C(N)=O)cc3Cl)CC2)nc(-c2ccc(NC(=O)NC3CC3)cc2)n1. The number of hydrogen-bond acceptors (Lipinski definition) is 8. The number of carbonyl (C=O) groups is 2. The number of hydrogen-bond donors (Lipinski definition) is 3. The van der Waals surface area contributed by atoms with Crippen molar-refractivity contribution in [3.63, 3.8) is 0 Å². The normalized spacial score (nSPS) is 19.7. The highest BCUT2D eigenvalue weighted by Gasteiger charge is 2.58. The minimum Gasteiger partial charge on any atom is -0.377 e. The van der Waals surface area contributed by atoms with Gasteiger partial charge in [-0.1, -0.05) is 11.6 Å². The number of amides is 3. The molecule has 0 radical (unpaired) electrons. The van der Waals surface area contributed by atoms with Gasteiger partial charge in [0.15, 0.2) is 15.7 Å². The Balaban J connectivity index is 1.38. The first-order chi connectivity index (χ1) is 20.1. The highest BCUT2D eigenvalue weighted by atomic mass is 35.5. The molecule has 3 fully saturated rings. The summed E-state index contributed by atoms with van der Waals surface area (Å²) in [6.07, 6.45) is 2.70. The van der Waals surface area contributed by atoms with Gasteiger partial charge in [-0.05, 0) is 75.1 Å². The van der Waals surface area contributed by atoms with Crippen LogP contribution in [-0.4, -0.2) is 62.2 Å². The molecular formula is C29H31ClN6O5S. The molecule has 220 valence electrons. The van der Waals surface area contributed by atoms with Gasteiger partial charge in [-0.2, -0.15) is 0 Å². The highest BCUT2D eigenvalue weighted by Crippen LogP contribution is 2.56. The van der Waals surface area contributed by atoms with E-state index in [-0.39, 0.29) is 33.6 Å². The van der Waals surface area contributed by atoms with E-state index in [1.165, 1.54) is 18.2 Å².